The van der Waals surface area contributed by atoms with E-state index in [0.29, 0.717) is 23.5 Å². The Morgan fingerprint density at radius 2 is 1.78 bits per heavy atom. The van der Waals surface area contributed by atoms with E-state index in [0.717, 1.165) is 23.4 Å². The first-order valence-corrected chi connectivity index (χ1v) is 12.2. The van der Waals surface area contributed by atoms with Gasteiger partial charge in [0, 0.05) is 21.8 Å². The van der Waals surface area contributed by atoms with Gasteiger partial charge in [-0.25, -0.2) is 0 Å². The number of hydrogen-bond acceptors (Lipinski definition) is 5. The predicted molar refractivity (Wildman–Crippen MR) is 143 cm³/mol. The topological polar surface area (TPSA) is 111 Å². The van der Waals surface area contributed by atoms with Gasteiger partial charge in [0.05, 0.1) is 11.5 Å². The summed E-state index contributed by atoms with van der Waals surface area (Å²) in [5.41, 5.74) is 0.738. The molecule has 0 saturated heterocycles. The van der Waals surface area contributed by atoms with Gasteiger partial charge in [-0.1, -0.05) is 53.0 Å². The molecule has 186 valence electrons. The van der Waals surface area contributed by atoms with E-state index in [4.69, 9.17) is 16.3 Å². The molecule has 36 heavy (non-hydrogen) atoms. The van der Waals surface area contributed by atoms with E-state index in [2.05, 4.69) is 33.5 Å². The highest BCUT2D eigenvalue weighted by Crippen LogP contribution is 2.27. The molecule has 3 aromatic rings. The van der Waals surface area contributed by atoms with Crippen LogP contribution in [-0.4, -0.2) is 23.3 Å². The molecule has 0 aliphatic heterocycles. The molecule has 0 unspecified atom stereocenters. The molecular formula is C26H23BrClN3O5. The lowest BCUT2D eigenvalue weighted by molar-refractivity contribution is -0.384. The molecule has 2 amide bonds. The van der Waals surface area contributed by atoms with Gasteiger partial charge in [0.15, 0.2) is 0 Å². The van der Waals surface area contributed by atoms with Gasteiger partial charge < -0.3 is 15.4 Å². The number of hydrogen-bond donors (Lipinski definition) is 2. The Hall–Kier alpha value is -3.69. The van der Waals surface area contributed by atoms with Crippen molar-refractivity contribution in [3.05, 3.63) is 103 Å². The highest BCUT2D eigenvalue weighted by molar-refractivity contribution is 9.10. The molecule has 3 aromatic carbocycles. The van der Waals surface area contributed by atoms with E-state index in [9.17, 15) is 19.7 Å². The fourth-order valence-electron chi connectivity index (χ4n) is 3.04. The van der Waals surface area contributed by atoms with Crippen molar-refractivity contribution in [2.75, 3.05) is 11.9 Å². The second-order valence-electron chi connectivity index (χ2n) is 7.67. The highest BCUT2D eigenvalue weighted by atomic mass is 79.9. The van der Waals surface area contributed by atoms with Crippen molar-refractivity contribution in [2.24, 2.45) is 0 Å². The molecular weight excluding hydrogens is 550 g/mol. The SMILES string of the molecule is CCCCOc1ccc(C(=O)N/C(=C\c2ccc(Br)cc2)C(=O)Nc2ccc(Cl)c([N+](=O)[O-])c2)cc1. The average molecular weight is 573 g/mol. The summed E-state index contributed by atoms with van der Waals surface area (Å²) in [5.74, 6) is -0.522. The maximum Gasteiger partial charge on any atom is 0.289 e. The number of nitro benzene ring substituents is 1. The summed E-state index contributed by atoms with van der Waals surface area (Å²) in [5, 5.41) is 16.3. The van der Waals surface area contributed by atoms with Crippen molar-refractivity contribution in [1.29, 1.82) is 0 Å². The van der Waals surface area contributed by atoms with Gasteiger partial charge in [-0.3, -0.25) is 19.7 Å². The number of unbranched alkanes of at least 4 members (excludes halogenated alkanes) is 1. The van der Waals surface area contributed by atoms with Crippen LogP contribution in [0.2, 0.25) is 5.02 Å². The quantitative estimate of drug-likeness (QED) is 0.123. The summed E-state index contributed by atoms with van der Waals surface area (Å²) in [6.07, 6.45) is 3.45. The van der Waals surface area contributed by atoms with Crippen LogP contribution in [0.1, 0.15) is 35.7 Å². The zero-order valence-electron chi connectivity index (χ0n) is 19.3. The minimum atomic E-state index is -0.664. The summed E-state index contributed by atoms with van der Waals surface area (Å²) in [7, 11) is 0. The summed E-state index contributed by atoms with van der Waals surface area (Å²) in [6.45, 7) is 2.66. The number of carbonyl (C=O) groups is 2. The van der Waals surface area contributed by atoms with Crippen molar-refractivity contribution in [3.63, 3.8) is 0 Å². The van der Waals surface area contributed by atoms with Crippen molar-refractivity contribution in [1.82, 2.24) is 5.32 Å². The third-order valence-electron chi connectivity index (χ3n) is 4.96. The first-order valence-electron chi connectivity index (χ1n) is 11.0. The number of nitrogens with one attached hydrogen (secondary N) is 2. The lowest BCUT2D eigenvalue weighted by Crippen LogP contribution is -2.30. The fourth-order valence-corrected chi connectivity index (χ4v) is 3.50. The molecule has 0 aromatic heterocycles. The summed E-state index contributed by atoms with van der Waals surface area (Å²) in [6, 6.07) is 17.6. The molecule has 0 saturated carbocycles. The molecule has 8 nitrogen and oxygen atoms in total. The van der Waals surface area contributed by atoms with Crippen LogP contribution >= 0.6 is 27.5 Å². The van der Waals surface area contributed by atoms with Gasteiger partial charge in [0.2, 0.25) is 0 Å². The van der Waals surface area contributed by atoms with Crippen LogP contribution in [0.3, 0.4) is 0 Å². The molecule has 0 atom stereocenters. The monoisotopic (exact) mass is 571 g/mol. The zero-order chi connectivity index (χ0) is 26.1. The zero-order valence-corrected chi connectivity index (χ0v) is 21.6. The van der Waals surface area contributed by atoms with Gasteiger partial charge >= 0.3 is 0 Å². The van der Waals surface area contributed by atoms with E-state index >= 15 is 0 Å². The lowest BCUT2D eigenvalue weighted by atomic mass is 10.1. The molecule has 3 rings (SSSR count). The Kier molecular flexibility index (Phi) is 9.61. The van der Waals surface area contributed by atoms with Crippen LogP contribution in [-0.2, 0) is 4.79 Å². The van der Waals surface area contributed by atoms with Crippen LogP contribution in [0.25, 0.3) is 6.08 Å². The van der Waals surface area contributed by atoms with E-state index in [1.165, 1.54) is 18.2 Å². The Morgan fingerprint density at radius 1 is 1.08 bits per heavy atom. The third-order valence-corrected chi connectivity index (χ3v) is 5.81. The maximum atomic E-state index is 13.1. The van der Waals surface area contributed by atoms with Crippen LogP contribution in [0.4, 0.5) is 11.4 Å². The average Bonchev–Trinajstić information content (AvgIpc) is 2.86. The Labute approximate surface area is 221 Å². The first kappa shape index (κ1) is 26.9. The Morgan fingerprint density at radius 3 is 2.42 bits per heavy atom. The minimum Gasteiger partial charge on any atom is -0.494 e. The third kappa shape index (κ3) is 7.66. The predicted octanol–water partition coefficient (Wildman–Crippen LogP) is 6.60. The van der Waals surface area contributed by atoms with Crippen LogP contribution in [0.15, 0.2) is 76.9 Å². The Balaban J connectivity index is 1.83. The number of benzene rings is 3. The number of nitro groups is 1. The number of halogens is 2. The van der Waals surface area contributed by atoms with Gasteiger partial charge in [-0.15, -0.1) is 0 Å². The van der Waals surface area contributed by atoms with Crippen molar-refractivity contribution in [3.8, 4) is 5.75 Å². The second-order valence-corrected chi connectivity index (χ2v) is 8.99. The smallest absolute Gasteiger partial charge is 0.289 e. The standard InChI is InChI=1S/C26H23BrClN3O5/c1-2-3-14-36-21-11-6-18(7-12-21)25(32)30-23(15-17-4-8-19(27)9-5-17)26(33)29-20-10-13-22(28)24(16-20)31(34)35/h4-13,15-16H,2-3,14H2,1H3,(H,29,33)(H,30,32)/b23-15-. The van der Waals surface area contributed by atoms with Crippen LogP contribution in [0, 0.1) is 10.1 Å². The number of amides is 2. The van der Waals surface area contributed by atoms with E-state index in [1.807, 2.05) is 0 Å². The molecule has 0 bridgehead atoms. The van der Waals surface area contributed by atoms with E-state index in [-0.39, 0.29) is 22.1 Å². The number of nitrogens with zero attached hydrogens (tertiary/aromatic N) is 1. The van der Waals surface area contributed by atoms with Crippen molar-refractivity contribution in [2.45, 2.75) is 19.8 Å². The van der Waals surface area contributed by atoms with E-state index in [1.54, 1.807) is 48.5 Å². The molecule has 10 heteroatoms. The van der Waals surface area contributed by atoms with E-state index < -0.39 is 16.7 Å². The van der Waals surface area contributed by atoms with Gasteiger partial charge in [-0.05, 0) is 66.6 Å². The maximum absolute atomic E-state index is 13.1. The molecule has 0 fully saturated rings. The molecule has 0 aliphatic rings. The molecule has 0 aliphatic carbocycles. The second kappa shape index (κ2) is 12.9. The van der Waals surface area contributed by atoms with Gasteiger partial charge in [0.25, 0.3) is 17.5 Å². The van der Waals surface area contributed by atoms with Gasteiger partial charge in [-0.2, -0.15) is 0 Å². The lowest BCUT2D eigenvalue weighted by Gasteiger charge is -2.12. The van der Waals surface area contributed by atoms with Crippen LogP contribution in [0.5, 0.6) is 5.75 Å². The number of rotatable bonds is 10. The minimum absolute atomic E-state index is 0.0526. The summed E-state index contributed by atoms with van der Waals surface area (Å²) < 4.78 is 6.47. The number of carbonyl (C=O) groups excluding carboxylic acids is 2. The normalized spacial score (nSPS) is 11.0. The Bertz CT molecular complexity index is 1280. The summed E-state index contributed by atoms with van der Waals surface area (Å²) in [4.78, 5) is 36.6. The molecule has 0 radical (unpaired) electrons. The molecule has 0 heterocycles. The fraction of sp³-hybridized carbons (Fsp3) is 0.154. The molecule has 2 N–H and O–H groups in total. The number of ether oxygens (including phenoxy) is 1. The van der Waals surface area contributed by atoms with Crippen molar-refractivity contribution < 1.29 is 19.2 Å². The highest BCUT2D eigenvalue weighted by Gasteiger charge is 2.18. The number of anilines is 1. The molecule has 0 spiro atoms. The first-order chi connectivity index (χ1) is 17.3. The largest absolute Gasteiger partial charge is 0.494 e. The van der Waals surface area contributed by atoms with Gasteiger partial charge in [0.1, 0.15) is 16.5 Å². The summed E-state index contributed by atoms with van der Waals surface area (Å²) >= 11 is 9.22. The van der Waals surface area contributed by atoms with Crippen LogP contribution < -0.4 is 15.4 Å². The van der Waals surface area contributed by atoms with Crippen molar-refractivity contribution >= 4 is 56.8 Å².